The molecular weight excluding hydrogens is 528 g/mol. The van der Waals surface area contributed by atoms with E-state index in [-0.39, 0.29) is 37.4 Å². The average Bonchev–Trinajstić information content (AvgIpc) is 3.01. The Morgan fingerprint density at radius 3 is 2.02 bits per heavy atom. The lowest BCUT2D eigenvalue weighted by Gasteiger charge is -2.24. The number of hydrogen-bond acceptors (Lipinski definition) is 4. The molecule has 42 heavy (non-hydrogen) atoms. The molecule has 1 unspecified atom stereocenters. The van der Waals surface area contributed by atoms with Gasteiger partial charge in [0.25, 0.3) is 11.8 Å². The zero-order chi connectivity index (χ0) is 29.9. The number of aliphatic carboxylic acids is 1. The minimum atomic E-state index is -0.977. The summed E-state index contributed by atoms with van der Waals surface area (Å²) in [6.45, 7) is 2.34. The lowest BCUT2D eigenvalue weighted by Crippen LogP contribution is -2.35. The van der Waals surface area contributed by atoms with Gasteiger partial charge in [-0.2, -0.15) is 0 Å². The highest BCUT2D eigenvalue weighted by molar-refractivity contribution is 6.06. The van der Waals surface area contributed by atoms with Crippen molar-refractivity contribution >= 4 is 17.8 Å². The fraction of sp³-hybridized carbons (Fsp3) is 0.229. The van der Waals surface area contributed by atoms with Crippen molar-refractivity contribution < 1.29 is 24.6 Å². The topological polar surface area (TPSA) is 107 Å². The molecule has 0 saturated heterocycles. The Morgan fingerprint density at radius 1 is 0.762 bits per heavy atom. The molecule has 4 rings (SSSR count). The lowest BCUT2D eigenvalue weighted by molar-refractivity contribution is -0.137. The molecule has 1 atom stereocenters. The highest BCUT2D eigenvalue weighted by Gasteiger charge is 2.24. The molecule has 7 nitrogen and oxygen atoms in total. The van der Waals surface area contributed by atoms with E-state index >= 15 is 0 Å². The Labute approximate surface area is 246 Å². The van der Waals surface area contributed by atoms with Crippen LogP contribution in [-0.2, 0) is 11.2 Å². The van der Waals surface area contributed by atoms with E-state index in [4.69, 9.17) is 0 Å². The van der Waals surface area contributed by atoms with Gasteiger partial charge >= 0.3 is 5.97 Å². The van der Waals surface area contributed by atoms with Crippen LogP contribution < -0.4 is 5.32 Å². The van der Waals surface area contributed by atoms with Gasteiger partial charge in [0.2, 0.25) is 0 Å². The van der Waals surface area contributed by atoms with Crippen LogP contribution in [0.4, 0.5) is 0 Å². The summed E-state index contributed by atoms with van der Waals surface area (Å²) in [6.07, 6.45) is 0.768. The van der Waals surface area contributed by atoms with Crippen molar-refractivity contribution in [3.63, 3.8) is 0 Å². The smallest absolute Gasteiger partial charge is 0.305 e. The van der Waals surface area contributed by atoms with Crippen LogP contribution in [0.1, 0.15) is 56.3 Å². The fourth-order valence-corrected chi connectivity index (χ4v) is 5.05. The first-order chi connectivity index (χ1) is 20.4. The number of aliphatic hydroxyl groups is 1. The zero-order valence-electron chi connectivity index (χ0n) is 23.7. The number of hydrogen-bond donors (Lipinski definition) is 3. The summed E-state index contributed by atoms with van der Waals surface area (Å²) in [5.74, 6) is -1.59. The summed E-state index contributed by atoms with van der Waals surface area (Å²) < 4.78 is 0. The number of rotatable bonds is 13. The first-order valence-corrected chi connectivity index (χ1v) is 14.1. The van der Waals surface area contributed by atoms with Gasteiger partial charge in [-0.05, 0) is 59.7 Å². The molecule has 0 saturated carbocycles. The minimum absolute atomic E-state index is 0.0659. The fourth-order valence-electron chi connectivity index (χ4n) is 5.05. The Kier molecular flexibility index (Phi) is 10.6. The van der Waals surface area contributed by atoms with E-state index in [2.05, 4.69) is 5.32 Å². The third-order valence-electron chi connectivity index (χ3n) is 7.34. The van der Waals surface area contributed by atoms with Crippen LogP contribution in [0.15, 0.2) is 103 Å². The molecule has 7 heteroatoms. The predicted molar refractivity (Wildman–Crippen MR) is 163 cm³/mol. The Hall–Kier alpha value is -4.75. The Balaban J connectivity index is 1.65. The average molecular weight is 565 g/mol. The maximum Gasteiger partial charge on any atom is 0.305 e. The largest absolute Gasteiger partial charge is 0.481 e. The first-order valence-electron chi connectivity index (χ1n) is 14.1. The Morgan fingerprint density at radius 2 is 1.36 bits per heavy atom. The quantitative estimate of drug-likeness (QED) is 0.194. The molecule has 0 fully saturated rings. The summed E-state index contributed by atoms with van der Waals surface area (Å²) in [7, 11) is 0. The molecule has 0 radical (unpaired) electrons. The normalized spacial score (nSPS) is 11.5. The first kappa shape index (κ1) is 30.2. The molecule has 3 N–H and O–H groups in total. The van der Waals surface area contributed by atoms with Gasteiger partial charge in [0.1, 0.15) is 0 Å². The monoisotopic (exact) mass is 564 g/mol. The van der Waals surface area contributed by atoms with Gasteiger partial charge in [0.05, 0.1) is 12.5 Å². The van der Waals surface area contributed by atoms with E-state index in [0.29, 0.717) is 41.6 Å². The number of carboxylic acids is 1. The van der Waals surface area contributed by atoms with E-state index in [1.807, 2.05) is 73.7 Å². The summed E-state index contributed by atoms with van der Waals surface area (Å²) >= 11 is 0. The summed E-state index contributed by atoms with van der Waals surface area (Å²) in [5, 5.41) is 22.1. The van der Waals surface area contributed by atoms with Crippen LogP contribution in [0.25, 0.3) is 11.1 Å². The number of aryl methyl sites for hydroxylation is 1. The van der Waals surface area contributed by atoms with Crippen molar-refractivity contribution in [3.8, 4) is 11.1 Å². The van der Waals surface area contributed by atoms with Crippen LogP contribution >= 0.6 is 0 Å². The molecular formula is C35H36N2O5. The molecule has 0 aliphatic heterocycles. The number of nitrogens with zero attached hydrogens (tertiary/aromatic N) is 1. The van der Waals surface area contributed by atoms with Gasteiger partial charge in [-0.3, -0.25) is 14.4 Å². The molecule has 0 aliphatic rings. The van der Waals surface area contributed by atoms with Crippen LogP contribution in [0.5, 0.6) is 0 Å². The molecule has 0 aliphatic carbocycles. The van der Waals surface area contributed by atoms with Crippen molar-refractivity contribution in [1.82, 2.24) is 10.2 Å². The van der Waals surface area contributed by atoms with Gasteiger partial charge < -0.3 is 20.4 Å². The van der Waals surface area contributed by atoms with Gasteiger partial charge in [-0.25, -0.2) is 0 Å². The molecule has 4 aromatic rings. The maximum absolute atomic E-state index is 14.0. The lowest BCUT2D eigenvalue weighted by atomic mass is 9.93. The predicted octanol–water partition coefficient (Wildman–Crippen LogP) is 5.68. The molecule has 0 heterocycles. The van der Waals surface area contributed by atoms with Gasteiger partial charge in [0.15, 0.2) is 0 Å². The van der Waals surface area contributed by atoms with Crippen LogP contribution in [0.2, 0.25) is 0 Å². The second-order valence-electron chi connectivity index (χ2n) is 10.2. The van der Waals surface area contributed by atoms with E-state index < -0.39 is 5.97 Å². The third kappa shape index (κ3) is 7.71. The number of nitrogens with one attached hydrogen (secondary N) is 1. The van der Waals surface area contributed by atoms with Gasteiger partial charge in [-0.1, -0.05) is 91.0 Å². The molecule has 4 aromatic carbocycles. The number of carbonyl (C=O) groups is 3. The van der Waals surface area contributed by atoms with E-state index in [9.17, 15) is 24.6 Å². The maximum atomic E-state index is 14.0. The number of carboxylic acid groups (broad SMARTS) is 1. The van der Waals surface area contributed by atoms with E-state index in [0.717, 1.165) is 16.7 Å². The summed E-state index contributed by atoms with van der Waals surface area (Å²) in [6, 6.07) is 31.2. The van der Waals surface area contributed by atoms with Gasteiger partial charge in [0, 0.05) is 30.8 Å². The number of benzene rings is 4. The van der Waals surface area contributed by atoms with Crippen molar-refractivity contribution in [1.29, 1.82) is 0 Å². The summed E-state index contributed by atoms with van der Waals surface area (Å²) in [5.41, 5.74) is 5.05. The molecule has 2 amide bonds. The van der Waals surface area contributed by atoms with Crippen molar-refractivity contribution in [3.05, 3.63) is 131 Å². The van der Waals surface area contributed by atoms with Crippen molar-refractivity contribution in [2.24, 2.45) is 0 Å². The molecule has 0 aromatic heterocycles. The number of amides is 2. The molecule has 0 spiro atoms. The summed E-state index contributed by atoms with van der Waals surface area (Å²) in [4.78, 5) is 40.6. The highest BCUT2D eigenvalue weighted by atomic mass is 16.4. The zero-order valence-corrected chi connectivity index (χ0v) is 23.7. The second-order valence-corrected chi connectivity index (χ2v) is 10.2. The van der Waals surface area contributed by atoms with E-state index in [1.165, 1.54) is 0 Å². The second kappa shape index (κ2) is 14.8. The van der Waals surface area contributed by atoms with E-state index in [1.54, 1.807) is 41.3 Å². The van der Waals surface area contributed by atoms with Crippen molar-refractivity contribution in [2.75, 3.05) is 19.7 Å². The Bertz CT molecular complexity index is 1520. The SMILES string of the molecule is Cc1ccccc1CCN(CCC(=O)O)C(=O)c1ccccc1-c1ccccc1C(=O)NC(CCO)c1ccccc1. The molecule has 216 valence electrons. The van der Waals surface area contributed by atoms with Crippen LogP contribution in [0.3, 0.4) is 0 Å². The minimum Gasteiger partial charge on any atom is -0.481 e. The van der Waals surface area contributed by atoms with Crippen molar-refractivity contribution in [2.45, 2.75) is 32.2 Å². The highest BCUT2D eigenvalue weighted by Crippen LogP contribution is 2.29. The molecule has 0 bridgehead atoms. The van der Waals surface area contributed by atoms with Crippen LogP contribution in [-0.4, -0.2) is 52.6 Å². The number of carbonyl (C=O) groups excluding carboxylic acids is 2. The van der Waals surface area contributed by atoms with Crippen LogP contribution in [0, 0.1) is 6.92 Å². The van der Waals surface area contributed by atoms with Gasteiger partial charge in [-0.15, -0.1) is 0 Å². The third-order valence-corrected chi connectivity index (χ3v) is 7.34. The standard InChI is InChI=1S/C35H36N2O5/c1-25-11-5-6-12-26(25)19-22-37(23-20-33(39)40)35(42)31-18-10-8-16-29(31)28-15-7-9-17-30(28)34(41)36-32(21-24-38)27-13-3-2-4-14-27/h2-18,32,38H,19-24H2,1H3,(H,36,41)(H,39,40). The number of aliphatic hydroxyl groups excluding tert-OH is 1.